The van der Waals surface area contributed by atoms with E-state index in [0.29, 0.717) is 19.3 Å². The van der Waals surface area contributed by atoms with Crippen molar-refractivity contribution in [1.82, 2.24) is 20.0 Å². The zero-order valence-electron chi connectivity index (χ0n) is 15.0. The molecule has 1 fully saturated rings. The number of ether oxygens (including phenoxy) is 2. The highest BCUT2D eigenvalue weighted by molar-refractivity contribution is 5.66. The Bertz CT molecular complexity index is 728. The summed E-state index contributed by atoms with van der Waals surface area (Å²) in [5.74, 6) is 1.64. The summed E-state index contributed by atoms with van der Waals surface area (Å²) in [6.45, 7) is 4.40. The molecule has 0 radical (unpaired) electrons. The molecule has 2 aromatic rings. The van der Waals surface area contributed by atoms with E-state index in [1.807, 2.05) is 18.3 Å². The summed E-state index contributed by atoms with van der Waals surface area (Å²) in [7, 11) is 4.35. The van der Waals surface area contributed by atoms with Crippen LogP contribution in [-0.2, 0) is 6.54 Å². The summed E-state index contributed by atoms with van der Waals surface area (Å²) in [5, 5.41) is 7.47. The fourth-order valence-electron chi connectivity index (χ4n) is 3.72. The molecule has 6 heteroatoms. The lowest BCUT2D eigenvalue weighted by Crippen LogP contribution is -2.44. The number of aromatic amines is 1. The quantitative estimate of drug-likeness (QED) is 0.924. The van der Waals surface area contributed by atoms with Crippen LogP contribution in [-0.4, -0.2) is 66.4 Å². The minimum atomic E-state index is 0.603. The van der Waals surface area contributed by atoms with Crippen LogP contribution in [0.5, 0.6) is 11.5 Å². The Kier molecular flexibility index (Phi) is 4.63. The maximum atomic E-state index is 5.72. The predicted molar refractivity (Wildman–Crippen MR) is 97.0 cm³/mol. The summed E-state index contributed by atoms with van der Waals surface area (Å²) in [6.07, 6.45) is 4.48. The number of nitrogens with zero attached hydrogens (tertiary/aromatic N) is 3. The summed E-state index contributed by atoms with van der Waals surface area (Å²) in [4.78, 5) is 4.86. The Labute approximate surface area is 148 Å². The number of likely N-dealkylation sites (N-methyl/N-ethyl adjacent to an activating group) is 1. The largest absolute Gasteiger partial charge is 0.486 e. The van der Waals surface area contributed by atoms with Gasteiger partial charge in [-0.05, 0) is 51.7 Å². The highest BCUT2D eigenvalue weighted by Gasteiger charge is 2.23. The fraction of sp³-hybridized carbons (Fsp3) is 0.526. The summed E-state index contributed by atoms with van der Waals surface area (Å²) < 4.78 is 11.3. The van der Waals surface area contributed by atoms with Crippen molar-refractivity contribution in [1.29, 1.82) is 0 Å². The third kappa shape index (κ3) is 3.50. The van der Waals surface area contributed by atoms with Gasteiger partial charge in [-0.1, -0.05) is 0 Å². The van der Waals surface area contributed by atoms with Crippen LogP contribution in [0.1, 0.15) is 18.4 Å². The minimum Gasteiger partial charge on any atom is -0.486 e. The molecule has 0 saturated carbocycles. The fourth-order valence-corrected chi connectivity index (χ4v) is 3.72. The number of H-pyrrole nitrogens is 1. The number of piperidine rings is 1. The van der Waals surface area contributed by atoms with Gasteiger partial charge in [-0.25, -0.2) is 0 Å². The van der Waals surface area contributed by atoms with Gasteiger partial charge in [0.25, 0.3) is 0 Å². The Hall–Kier alpha value is -2.05. The van der Waals surface area contributed by atoms with Crippen LogP contribution < -0.4 is 9.47 Å². The molecule has 6 nitrogen and oxygen atoms in total. The van der Waals surface area contributed by atoms with E-state index >= 15 is 0 Å². The Balaban J connectivity index is 1.53. The molecule has 134 valence electrons. The molecule has 0 aliphatic carbocycles. The molecule has 25 heavy (non-hydrogen) atoms. The molecular weight excluding hydrogens is 316 g/mol. The lowest BCUT2D eigenvalue weighted by atomic mass is 10.0. The second-order valence-electron chi connectivity index (χ2n) is 7.12. The van der Waals surface area contributed by atoms with E-state index in [9.17, 15) is 0 Å². The molecule has 0 amide bonds. The molecule has 2 aliphatic heterocycles. The van der Waals surface area contributed by atoms with Crippen LogP contribution in [0.25, 0.3) is 11.3 Å². The van der Waals surface area contributed by atoms with Crippen molar-refractivity contribution in [3.63, 3.8) is 0 Å². The summed E-state index contributed by atoms with van der Waals surface area (Å²) >= 11 is 0. The molecule has 4 rings (SSSR count). The number of hydrogen-bond acceptors (Lipinski definition) is 5. The van der Waals surface area contributed by atoms with Crippen molar-refractivity contribution in [2.75, 3.05) is 40.4 Å². The molecule has 1 aromatic carbocycles. The van der Waals surface area contributed by atoms with E-state index in [0.717, 1.165) is 42.4 Å². The number of fused-ring (bicyclic) bond motifs is 1. The number of hydrogen-bond donors (Lipinski definition) is 1. The Morgan fingerprint density at radius 1 is 1.24 bits per heavy atom. The molecule has 1 N–H and O–H groups in total. The van der Waals surface area contributed by atoms with Gasteiger partial charge in [0.1, 0.15) is 13.2 Å². The normalized spacial score (nSPS) is 20.8. The lowest BCUT2D eigenvalue weighted by molar-refractivity contribution is 0.128. The monoisotopic (exact) mass is 342 g/mol. The number of benzene rings is 1. The lowest BCUT2D eigenvalue weighted by Gasteiger charge is -2.36. The number of likely N-dealkylation sites (tertiary alicyclic amines) is 1. The van der Waals surface area contributed by atoms with Gasteiger partial charge in [0, 0.05) is 30.3 Å². The van der Waals surface area contributed by atoms with Crippen molar-refractivity contribution in [2.45, 2.75) is 25.4 Å². The maximum Gasteiger partial charge on any atom is 0.162 e. The first kappa shape index (κ1) is 16.4. The molecule has 1 unspecified atom stereocenters. The van der Waals surface area contributed by atoms with E-state index in [1.165, 1.54) is 18.4 Å². The third-order valence-electron chi connectivity index (χ3n) is 5.15. The first-order chi connectivity index (χ1) is 12.2. The molecule has 1 aromatic heterocycles. The van der Waals surface area contributed by atoms with Gasteiger partial charge in [0.05, 0.1) is 11.9 Å². The molecule has 1 saturated heterocycles. The van der Waals surface area contributed by atoms with Gasteiger partial charge < -0.3 is 14.4 Å². The molecule has 0 spiro atoms. The van der Waals surface area contributed by atoms with Crippen LogP contribution in [0.15, 0.2) is 24.4 Å². The smallest absolute Gasteiger partial charge is 0.162 e. The Morgan fingerprint density at radius 3 is 2.92 bits per heavy atom. The van der Waals surface area contributed by atoms with Crippen LogP contribution in [0.2, 0.25) is 0 Å². The zero-order chi connectivity index (χ0) is 17.2. The van der Waals surface area contributed by atoms with E-state index in [4.69, 9.17) is 9.47 Å². The Morgan fingerprint density at radius 2 is 2.08 bits per heavy atom. The van der Waals surface area contributed by atoms with Gasteiger partial charge in [0.2, 0.25) is 0 Å². The second kappa shape index (κ2) is 7.06. The molecule has 0 bridgehead atoms. The van der Waals surface area contributed by atoms with Crippen molar-refractivity contribution in [2.24, 2.45) is 0 Å². The van der Waals surface area contributed by atoms with Gasteiger partial charge in [0.15, 0.2) is 11.5 Å². The first-order valence-electron chi connectivity index (χ1n) is 9.02. The van der Waals surface area contributed by atoms with Crippen LogP contribution in [0.4, 0.5) is 0 Å². The minimum absolute atomic E-state index is 0.603. The number of rotatable bonds is 4. The van der Waals surface area contributed by atoms with Crippen LogP contribution >= 0.6 is 0 Å². The summed E-state index contributed by atoms with van der Waals surface area (Å²) in [5.41, 5.74) is 3.40. The molecule has 1 atom stereocenters. The van der Waals surface area contributed by atoms with Crippen LogP contribution in [0, 0.1) is 0 Å². The predicted octanol–water partition coefficient (Wildman–Crippen LogP) is 2.37. The number of nitrogens with one attached hydrogen (secondary N) is 1. The second-order valence-corrected chi connectivity index (χ2v) is 7.12. The zero-order valence-corrected chi connectivity index (χ0v) is 15.0. The number of aromatic nitrogens is 2. The first-order valence-corrected chi connectivity index (χ1v) is 9.02. The third-order valence-corrected chi connectivity index (χ3v) is 5.15. The van der Waals surface area contributed by atoms with Gasteiger partial charge in [-0.2, -0.15) is 5.10 Å². The molecule has 2 aliphatic rings. The van der Waals surface area contributed by atoms with Crippen LogP contribution in [0.3, 0.4) is 0 Å². The standard InChI is InChI=1S/C19H26N4O2/c1-22(2)16-4-3-7-23(13-16)12-15-11-20-21-19(15)14-5-6-17-18(10-14)25-9-8-24-17/h5-6,10-11,16H,3-4,7-9,12-13H2,1-2H3,(H,20,21). The SMILES string of the molecule is CN(C)C1CCCN(Cc2cn[nH]c2-c2ccc3c(c2)OCCO3)C1. The van der Waals surface area contributed by atoms with Gasteiger partial charge in [-0.3, -0.25) is 10.00 Å². The van der Waals surface area contributed by atoms with E-state index < -0.39 is 0 Å². The van der Waals surface area contributed by atoms with Crippen molar-refractivity contribution >= 4 is 0 Å². The average molecular weight is 342 g/mol. The van der Waals surface area contributed by atoms with Crippen molar-refractivity contribution < 1.29 is 9.47 Å². The molecule has 3 heterocycles. The molecular formula is C19H26N4O2. The van der Waals surface area contributed by atoms with Crippen molar-refractivity contribution in [3.8, 4) is 22.8 Å². The topological polar surface area (TPSA) is 53.6 Å². The highest BCUT2D eigenvalue weighted by atomic mass is 16.6. The summed E-state index contributed by atoms with van der Waals surface area (Å²) in [6, 6.07) is 6.74. The maximum absolute atomic E-state index is 5.72. The van der Waals surface area contributed by atoms with Gasteiger partial charge in [-0.15, -0.1) is 0 Å². The van der Waals surface area contributed by atoms with E-state index in [1.54, 1.807) is 0 Å². The highest BCUT2D eigenvalue weighted by Crippen LogP contribution is 2.35. The van der Waals surface area contributed by atoms with Gasteiger partial charge >= 0.3 is 0 Å². The van der Waals surface area contributed by atoms with E-state index in [2.05, 4.69) is 40.2 Å². The van der Waals surface area contributed by atoms with E-state index in [-0.39, 0.29) is 0 Å². The average Bonchev–Trinajstić information content (AvgIpc) is 3.09. The van der Waals surface area contributed by atoms with Crippen molar-refractivity contribution in [3.05, 3.63) is 30.0 Å².